The van der Waals surface area contributed by atoms with Crippen LogP contribution in [-0.2, 0) is 0 Å². The number of amides is 1. The molecule has 1 heterocycles. The van der Waals surface area contributed by atoms with Crippen LogP contribution in [0.15, 0.2) is 35.6 Å². The molecule has 0 unspecified atom stereocenters. The van der Waals surface area contributed by atoms with E-state index >= 15 is 0 Å². The van der Waals surface area contributed by atoms with Crippen LogP contribution in [0.4, 0.5) is 0 Å². The fraction of sp³-hybridized carbons (Fsp3) is 0.333. The average Bonchev–Trinajstić information content (AvgIpc) is 2.28. The first-order valence-corrected chi connectivity index (χ1v) is 5.99. The van der Waals surface area contributed by atoms with Gasteiger partial charge in [0.05, 0.1) is 5.56 Å². The summed E-state index contributed by atoms with van der Waals surface area (Å²) < 4.78 is 0.813. The smallest absolute Gasteiger partial charge is 0.255 e. The third-order valence-electron chi connectivity index (χ3n) is 2.08. The van der Waals surface area contributed by atoms with E-state index in [0.29, 0.717) is 12.1 Å². The zero-order chi connectivity index (χ0) is 12.0. The molecule has 0 spiro atoms. The van der Waals surface area contributed by atoms with Crippen LogP contribution >= 0.6 is 15.9 Å². The summed E-state index contributed by atoms with van der Waals surface area (Å²) in [7, 11) is 0. The van der Waals surface area contributed by atoms with Crippen molar-refractivity contribution in [2.45, 2.75) is 13.3 Å². The number of hydrogen-bond donors (Lipinski definition) is 0. The van der Waals surface area contributed by atoms with Crippen molar-refractivity contribution in [3.63, 3.8) is 0 Å². The van der Waals surface area contributed by atoms with Gasteiger partial charge in [0.1, 0.15) is 0 Å². The number of nitrogens with zero attached hydrogens (tertiary/aromatic N) is 2. The van der Waals surface area contributed by atoms with Gasteiger partial charge >= 0.3 is 0 Å². The Bertz CT molecular complexity index is 379. The average molecular weight is 283 g/mol. The standard InChI is InChI=1S/C12H15BrN2O/c1-3-5-15(6-4-2)12(16)10-7-11(13)9-14-8-10/h3,7-9H,1,4-6H2,2H3. The van der Waals surface area contributed by atoms with Crippen LogP contribution in [0.5, 0.6) is 0 Å². The summed E-state index contributed by atoms with van der Waals surface area (Å²) in [6, 6.07) is 1.78. The second kappa shape index (κ2) is 6.43. The van der Waals surface area contributed by atoms with E-state index in [2.05, 4.69) is 27.5 Å². The maximum Gasteiger partial charge on any atom is 0.255 e. The fourth-order valence-electron chi connectivity index (χ4n) is 1.41. The minimum atomic E-state index is -0.00412. The molecule has 0 radical (unpaired) electrons. The summed E-state index contributed by atoms with van der Waals surface area (Å²) in [5.74, 6) is -0.00412. The van der Waals surface area contributed by atoms with Crippen LogP contribution in [0, 0.1) is 0 Å². The van der Waals surface area contributed by atoms with Crippen molar-refractivity contribution in [3.8, 4) is 0 Å². The molecular weight excluding hydrogens is 268 g/mol. The number of aromatic nitrogens is 1. The zero-order valence-electron chi connectivity index (χ0n) is 9.32. The number of hydrogen-bond acceptors (Lipinski definition) is 2. The molecule has 0 aliphatic carbocycles. The monoisotopic (exact) mass is 282 g/mol. The second-order valence-electron chi connectivity index (χ2n) is 3.43. The van der Waals surface area contributed by atoms with Crippen molar-refractivity contribution in [1.82, 2.24) is 9.88 Å². The molecular formula is C12H15BrN2O. The van der Waals surface area contributed by atoms with E-state index in [9.17, 15) is 4.79 Å². The first-order chi connectivity index (χ1) is 7.69. The summed E-state index contributed by atoms with van der Waals surface area (Å²) in [5, 5.41) is 0. The van der Waals surface area contributed by atoms with Gasteiger partial charge in [-0.1, -0.05) is 13.0 Å². The highest BCUT2D eigenvalue weighted by Gasteiger charge is 2.13. The molecule has 86 valence electrons. The molecule has 0 atom stereocenters. The molecule has 0 aliphatic heterocycles. The van der Waals surface area contributed by atoms with Crippen molar-refractivity contribution in [3.05, 3.63) is 41.2 Å². The predicted octanol–water partition coefficient (Wildman–Crippen LogP) is 2.88. The van der Waals surface area contributed by atoms with Gasteiger partial charge in [-0.15, -0.1) is 6.58 Å². The Hall–Kier alpha value is -1.16. The SMILES string of the molecule is C=CCN(CCC)C(=O)c1cncc(Br)c1. The maximum absolute atomic E-state index is 12.1. The topological polar surface area (TPSA) is 33.2 Å². The molecule has 1 aromatic rings. The first kappa shape index (κ1) is 12.9. The molecule has 1 rings (SSSR count). The highest BCUT2D eigenvalue weighted by molar-refractivity contribution is 9.10. The number of pyridine rings is 1. The number of carbonyl (C=O) groups excluding carboxylic acids is 1. The third kappa shape index (κ3) is 3.45. The quantitative estimate of drug-likeness (QED) is 0.778. The normalized spacial score (nSPS) is 9.88. The van der Waals surface area contributed by atoms with Crippen molar-refractivity contribution in [1.29, 1.82) is 0 Å². The van der Waals surface area contributed by atoms with Crippen LogP contribution in [0.3, 0.4) is 0 Å². The molecule has 1 aromatic heterocycles. The Kier molecular flexibility index (Phi) is 5.19. The molecule has 0 aliphatic rings. The van der Waals surface area contributed by atoms with Gasteiger partial charge in [0, 0.05) is 30.0 Å². The lowest BCUT2D eigenvalue weighted by molar-refractivity contribution is 0.0773. The van der Waals surface area contributed by atoms with Crippen molar-refractivity contribution < 1.29 is 4.79 Å². The van der Waals surface area contributed by atoms with Crippen LogP contribution in [-0.4, -0.2) is 28.9 Å². The Balaban J connectivity index is 2.85. The highest BCUT2D eigenvalue weighted by atomic mass is 79.9. The largest absolute Gasteiger partial charge is 0.335 e. The minimum Gasteiger partial charge on any atom is -0.335 e. The summed E-state index contributed by atoms with van der Waals surface area (Å²) in [6.07, 6.45) is 5.91. The van der Waals surface area contributed by atoms with Gasteiger partial charge in [0.25, 0.3) is 5.91 Å². The molecule has 3 nitrogen and oxygen atoms in total. The Morgan fingerprint density at radius 3 is 2.94 bits per heavy atom. The lowest BCUT2D eigenvalue weighted by Crippen LogP contribution is -2.31. The zero-order valence-corrected chi connectivity index (χ0v) is 10.9. The number of carbonyl (C=O) groups is 1. The molecule has 4 heteroatoms. The van der Waals surface area contributed by atoms with Crippen molar-refractivity contribution in [2.75, 3.05) is 13.1 Å². The van der Waals surface area contributed by atoms with E-state index in [1.165, 1.54) is 0 Å². The van der Waals surface area contributed by atoms with Gasteiger partial charge in [-0.3, -0.25) is 9.78 Å². The van der Waals surface area contributed by atoms with Crippen LogP contribution in [0.2, 0.25) is 0 Å². The fourth-order valence-corrected chi connectivity index (χ4v) is 1.78. The summed E-state index contributed by atoms with van der Waals surface area (Å²) in [5.41, 5.74) is 0.602. The van der Waals surface area contributed by atoms with Crippen molar-refractivity contribution >= 4 is 21.8 Å². The van der Waals surface area contributed by atoms with E-state index in [-0.39, 0.29) is 5.91 Å². The van der Waals surface area contributed by atoms with Crippen LogP contribution < -0.4 is 0 Å². The first-order valence-electron chi connectivity index (χ1n) is 5.19. The molecule has 16 heavy (non-hydrogen) atoms. The van der Waals surface area contributed by atoms with Gasteiger partial charge in [-0.2, -0.15) is 0 Å². The van der Waals surface area contributed by atoms with Gasteiger partial charge < -0.3 is 4.90 Å². The number of halogens is 1. The molecule has 1 amide bonds. The van der Waals surface area contributed by atoms with Gasteiger partial charge in [-0.25, -0.2) is 0 Å². The summed E-state index contributed by atoms with van der Waals surface area (Å²) >= 11 is 3.30. The summed E-state index contributed by atoms with van der Waals surface area (Å²) in [6.45, 7) is 7.00. The second-order valence-corrected chi connectivity index (χ2v) is 4.35. The molecule has 0 saturated carbocycles. The molecule has 0 fully saturated rings. The van der Waals surface area contributed by atoms with Crippen molar-refractivity contribution in [2.24, 2.45) is 0 Å². The molecule has 0 aromatic carbocycles. The molecule has 0 N–H and O–H groups in total. The van der Waals surface area contributed by atoms with E-state index < -0.39 is 0 Å². The molecule has 0 bridgehead atoms. The Morgan fingerprint density at radius 1 is 1.62 bits per heavy atom. The summed E-state index contributed by atoms with van der Waals surface area (Å²) in [4.78, 5) is 17.8. The van der Waals surface area contributed by atoms with E-state index in [1.807, 2.05) is 6.92 Å². The van der Waals surface area contributed by atoms with Gasteiger partial charge in [-0.05, 0) is 28.4 Å². The van der Waals surface area contributed by atoms with Gasteiger partial charge in [0.15, 0.2) is 0 Å². The maximum atomic E-state index is 12.1. The molecule has 0 saturated heterocycles. The minimum absolute atomic E-state index is 0.00412. The Morgan fingerprint density at radius 2 is 2.38 bits per heavy atom. The third-order valence-corrected chi connectivity index (χ3v) is 2.52. The van der Waals surface area contributed by atoms with Crippen LogP contribution in [0.1, 0.15) is 23.7 Å². The lowest BCUT2D eigenvalue weighted by Gasteiger charge is -2.20. The van der Waals surface area contributed by atoms with Crippen LogP contribution in [0.25, 0.3) is 0 Å². The van der Waals surface area contributed by atoms with Gasteiger partial charge in [0.2, 0.25) is 0 Å². The van der Waals surface area contributed by atoms with E-state index in [0.717, 1.165) is 17.4 Å². The Labute approximate surface area is 104 Å². The van der Waals surface area contributed by atoms with E-state index in [1.54, 1.807) is 29.4 Å². The van der Waals surface area contributed by atoms with E-state index in [4.69, 9.17) is 0 Å². The highest BCUT2D eigenvalue weighted by Crippen LogP contribution is 2.12. The lowest BCUT2D eigenvalue weighted by atomic mass is 10.2. The number of rotatable bonds is 5. The predicted molar refractivity (Wildman–Crippen MR) is 68.3 cm³/mol.